The zero-order valence-electron chi connectivity index (χ0n) is 18.9. The number of carbonyl (C=O) groups is 1. The third-order valence-electron chi connectivity index (χ3n) is 5.65. The first-order valence-corrected chi connectivity index (χ1v) is 10.4. The van der Waals surface area contributed by atoms with E-state index in [1.807, 2.05) is 13.0 Å². The molecule has 5 heteroatoms. The van der Waals surface area contributed by atoms with Crippen LogP contribution in [0.4, 0.5) is 0 Å². The molecule has 0 amide bonds. The van der Waals surface area contributed by atoms with E-state index in [1.54, 1.807) is 44.6 Å². The Kier molecular flexibility index (Phi) is 5.91. The number of aryl methyl sites for hydroxylation is 2. The van der Waals surface area contributed by atoms with Gasteiger partial charge in [-0.25, -0.2) is 0 Å². The smallest absolute Gasteiger partial charge is 0.231 e. The Hall–Kier alpha value is -3.73. The third kappa shape index (κ3) is 4.06. The second-order valence-electron chi connectivity index (χ2n) is 7.83. The molecule has 3 aromatic rings. The molecule has 0 saturated heterocycles. The molecule has 0 aromatic heterocycles. The summed E-state index contributed by atoms with van der Waals surface area (Å²) in [7, 11) is 3.18. The Labute approximate surface area is 188 Å². The lowest BCUT2D eigenvalue weighted by molar-refractivity contribution is 0.101. The summed E-state index contributed by atoms with van der Waals surface area (Å²) in [6.45, 7) is 6.48. The zero-order chi connectivity index (χ0) is 22.8. The zero-order valence-corrected chi connectivity index (χ0v) is 18.9. The van der Waals surface area contributed by atoms with Gasteiger partial charge in [0.05, 0.1) is 19.8 Å². The van der Waals surface area contributed by atoms with Crippen molar-refractivity contribution in [2.24, 2.45) is 0 Å². The summed E-state index contributed by atoms with van der Waals surface area (Å²) in [5, 5.41) is 0. The van der Waals surface area contributed by atoms with Gasteiger partial charge < -0.3 is 18.9 Å². The number of methoxy groups -OCH3 is 2. The molecule has 0 atom stereocenters. The van der Waals surface area contributed by atoms with Crippen LogP contribution in [0.2, 0.25) is 0 Å². The van der Waals surface area contributed by atoms with Gasteiger partial charge >= 0.3 is 0 Å². The van der Waals surface area contributed by atoms with E-state index in [1.165, 1.54) is 11.1 Å². The minimum absolute atomic E-state index is 0.172. The maximum atomic E-state index is 13.0. The molecule has 0 fully saturated rings. The maximum Gasteiger partial charge on any atom is 0.231 e. The molecule has 5 nitrogen and oxygen atoms in total. The Balaban J connectivity index is 1.61. The summed E-state index contributed by atoms with van der Waals surface area (Å²) in [6.07, 6.45) is 1.68. The second-order valence-corrected chi connectivity index (χ2v) is 7.83. The van der Waals surface area contributed by atoms with Gasteiger partial charge in [-0.05, 0) is 68.3 Å². The Bertz CT molecular complexity index is 1220. The van der Waals surface area contributed by atoms with Crippen molar-refractivity contribution in [2.45, 2.75) is 27.4 Å². The van der Waals surface area contributed by atoms with Crippen LogP contribution in [0.5, 0.6) is 23.0 Å². The van der Waals surface area contributed by atoms with Crippen molar-refractivity contribution in [3.63, 3.8) is 0 Å². The number of ketones is 1. The molecule has 32 heavy (non-hydrogen) atoms. The fourth-order valence-corrected chi connectivity index (χ4v) is 3.73. The average Bonchev–Trinajstić information content (AvgIpc) is 3.11. The number of fused-ring (bicyclic) bond motifs is 1. The maximum absolute atomic E-state index is 13.0. The first kappa shape index (κ1) is 21.5. The number of allylic oxidation sites excluding steroid dienone is 1. The van der Waals surface area contributed by atoms with E-state index in [0.29, 0.717) is 40.7 Å². The van der Waals surface area contributed by atoms with Crippen LogP contribution in [-0.2, 0) is 6.61 Å². The fraction of sp³-hybridized carbons (Fsp3) is 0.222. The van der Waals surface area contributed by atoms with Gasteiger partial charge in [-0.1, -0.05) is 23.8 Å². The van der Waals surface area contributed by atoms with Crippen molar-refractivity contribution >= 4 is 11.9 Å². The van der Waals surface area contributed by atoms with Gasteiger partial charge in [0.1, 0.15) is 29.6 Å². The second kappa shape index (κ2) is 8.79. The van der Waals surface area contributed by atoms with Gasteiger partial charge in [0.25, 0.3) is 0 Å². The van der Waals surface area contributed by atoms with Gasteiger partial charge in [0, 0.05) is 11.1 Å². The highest BCUT2D eigenvalue weighted by atomic mass is 16.5. The molecular formula is C27H26O5. The normalized spacial score (nSPS) is 13.7. The Morgan fingerprint density at radius 2 is 1.69 bits per heavy atom. The van der Waals surface area contributed by atoms with E-state index in [-0.39, 0.29) is 11.5 Å². The van der Waals surface area contributed by atoms with Gasteiger partial charge in [-0.2, -0.15) is 0 Å². The van der Waals surface area contributed by atoms with Crippen molar-refractivity contribution < 1.29 is 23.7 Å². The lowest BCUT2D eigenvalue weighted by Crippen LogP contribution is -2.00. The summed E-state index contributed by atoms with van der Waals surface area (Å²) in [5.41, 5.74) is 5.52. The molecule has 0 unspecified atom stereocenters. The van der Waals surface area contributed by atoms with Gasteiger partial charge in [0.15, 0.2) is 5.76 Å². The average molecular weight is 431 g/mol. The number of rotatable bonds is 6. The predicted molar refractivity (Wildman–Crippen MR) is 124 cm³/mol. The number of Topliss-reactive ketones (excluding diaryl/α,β-unsaturated/α-hetero) is 1. The minimum atomic E-state index is -0.172. The molecular weight excluding hydrogens is 404 g/mol. The quantitative estimate of drug-likeness (QED) is 0.461. The largest absolute Gasteiger partial charge is 0.497 e. The van der Waals surface area contributed by atoms with Gasteiger partial charge in [-0.3, -0.25) is 4.79 Å². The SMILES string of the molecule is COc1ccc(OC)c(/C=C2\Oc3c(ccc(OCc4cc(C)ccc4C)c3C)C2=O)c1. The summed E-state index contributed by atoms with van der Waals surface area (Å²) in [5.74, 6) is 2.58. The fourth-order valence-electron chi connectivity index (χ4n) is 3.73. The topological polar surface area (TPSA) is 54.0 Å². The molecule has 3 aromatic carbocycles. The number of carbonyl (C=O) groups excluding carboxylic acids is 1. The van der Waals surface area contributed by atoms with E-state index >= 15 is 0 Å². The van der Waals surface area contributed by atoms with E-state index in [4.69, 9.17) is 18.9 Å². The van der Waals surface area contributed by atoms with Crippen LogP contribution >= 0.6 is 0 Å². The molecule has 0 N–H and O–H groups in total. The molecule has 0 aliphatic carbocycles. The van der Waals surface area contributed by atoms with Crippen molar-refractivity contribution in [2.75, 3.05) is 14.2 Å². The Morgan fingerprint density at radius 3 is 2.44 bits per heavy atom. The first-order valence-electron chi connectivity index (χ1n) is 10.4. The van der Waals surface area contributed by atoms with Crippen molar-refractivity contribution in [1.29, 1.82) is 0 Å². The van der Waals surface area contributed by atoms with Crippen LogP contribution in [0.15, 0.2) is 54.3 Å². The highest BCUT2D eigenvalue weighted by molar-refractivity contribution is 6.15. The number of hydrogen-bond acceptors (Lipinski definition) is 5. The molecule has 4 rings (SSSR count). The lowest BCUT2D eigenvalue weighted by atomic mass is 10.0. The van der Waals surface area contributed by atoms with Crippen molar-refractivity contribution in [1.82, 2.24) is 0 Å². The lowest BCUT2D eigenvalue weighted by Gasteiger charge is -2.13. The third-order valence-corrected chi connectivity index (χ3v) is 5.65. The van der Waals surface area contributed by atoms with Crippen LogP contribution in [0.3, 0.4) is 0 Å². The minimum Gasteiger partial charge on any atom is -0.497 e. The van der Waals surface area contributed by atoms with Crippen molar-refractivity contribution in [3.8, 4) is 23.0 Å². The summed E-state index contributed by atoms with van der Waals surface area (Å²) in [6, 6.07) is 15.3. The molecule has 0 radical (unpaired) electrons. The highest BCUT2D eigenvalue weighted by Crippen LogP contribution is 2.40. The molecule has 164 valence electrons. The molecule has 0 spiro atoms. The standard InChI is InChI=1S/C27H26O5/c1-16-6-7-17(2)20(12-16)15-31-23-11-9-22-26(28)25(32-27(22)18(23)3)14-19-13-21(29-4)8-10-24(19)30-5/h6-14H,15H2,1-5H3/b25-14-. The molecule has 0 bridgehead atoms. The number of hydrogen-bond donors (Lipinski definition) is 0. The monoisotopic (exact) mass is 430 g/mol. The van der Waals surface area contributed by atoms with Crippen LogP contribution in [0.1, 0.15) is 38.2 Å². The summed E-state index contributed by atoms with van der Waals surface area (Å²) < 4.78 is 22.8. The van der Waals surface area contributed by atoms with Crippen molar-refractivity contribution in [3.05, 3.63) is 87.7 Å². The molecule has 1 aliphatic heterocycles. The van der Waals surface area contributed by atoms with Gasteiger partial charge in [0.2, 0.25) is 5.78 Å². The molecule has 1 heterocycles. The molecule has 0 saturated carbocycles. The van der Waals surface area contributed by atoms with E-state index in [0.717, 1.165) is 11.1 Å². The highest BCUT2D eigenvalue weighted by Gasteiger charge is 2.30. The summed E-state index contributed by atoms with van der Waals surface area (Å²) in [4.78, 5) is 13.0. The van der Waals surface area contributed by atoms with Crippen LogP contribution < -0.4 is 18.9 Å². The van der Waals surface area contributed by atoms with E-state index in [2.05, 4.69) is 32.0 Å². The van der Waals surface area contributed by atoms with E-state index in [9.17, 15) is 4.79 Å². The van der Waals surface area contributed by atoms with Crippen LogP contribution in [0.25, 0.3) is 6.08 Å². The van der Waals surface area contributed by atoms with E-state index < -0.39 is 0 Å². The Morgan fingerprint density at radius 1 is 0.906 bits per heavy atom. The number of ether oxygens (including phenoxy) is 4. The first-order chi connectivity index (χ1) is 15.4. The molecule has 1 aliphatic rings. The van der Waals surface area contributed by atoms with Crippen LogP contribution in [0, 0.1) is 20.8 Å². The van der Waals surface area contributed by atoms with Gasteiger partial charge in [-0.15, -0.1) is 0 Å². The predicted octanol–water partition coefficient (Wildman–Crippen LogP) is 5.82. The number of benzene rings is 3. The summed E-state index contributed by atoms with van der Waals surface area (Å²) >= 11 is 0. The van der Waals surface area contributed by atoms with Crippen LogP contribution in [-0.4, -0.2) is 20.0 Å².